The molecule has 0 aromatic carbocycles. The largest absolute Gasteiger partial charge is 0.369 e. The molecule has 0 heterocycles. The first-order valence-corrected chi connectivity index (χ1v) is 7.24. The van der Waals surface area contributed by atoms with E-state index in [2.05, 4.69) is 26.1 Å². The molecule has 19 heavy (non-hydrogen) atoms. The molecule has 4 heteroatoms. The van der Waals surface area contributed by atoms with E-state index in [1.54, 1.807) is 7.05 Å². The Bertz CT molecular complexity index is 339. The van der Waals surface area contributed by atoms with Crippen LogP contribution in [0.15, 0.2) is 0 Å². The van der Waals surface area contributed by atoms with E-state index in [-0.39, 0.29) is 23.1 Å². The molecular formula is C15H28N2O2. The molecular weight excluding hydrogens is 240 g/mol. The van der Waals surface area contributed by atoms with E-state index in [0.717, 1.165) is 32.1 Å². The monoisotopic (exact) mass is 268 g/mol. The van der Waals surface area contributed by atoms with Gasteiger partial charge in [0.2, 0.25) is 11.8 Å². The maximum atomic E-state index is 12.3. The molecule has 3 N–H and O–H groups in total. The van der Waals surface area contributed by atoms with Crippen LogP contribution in [0.4, 0.5) is 0 Å². The second kappa shape index (κ2) is 5.93. The Morgan fingerprint density at radius 2 is 1.74 bits per heavy atom. The quantitative estimate of drug-likeness (QED) is 0.820. The second-order valence-electron chi connectivity index (χ2n) is 7.01. The van der Waals surface area contributed by atoms with Crippen molar-refractivity contribution in [3.8, 4) is 0 Å². The lowest BCUT2D eigenvalue weighted by atomic mass is 9.61. The summed E-state index contributed by atoms with van der Waals surface area (Å²) >= 11 is 0. The minimum Gasteiger partial charge on any atom is -0.369 e. The van der Waals surface area contributed by atoms with Gasteiger partial charge in [0, 0.05) is 7.05 Å². The summed E-state index contributed by atoms with van der Waals surface area (Å²) in [5.74, 6) is -0.657. The lowest BCUT2D eigenvalue weighted by Crippen LogP contribution is -2.51. The van der Waals surface area contributed by atoms with Crippen LogP contribution in [0.3, 0.4) is 0 Å². The standard InChI is InChI=1S/C15H28N2O2/c1-14(2,3)10-11(12(18)17-4)15(13(16)19)8-6-5-7-9-15/h11H,5-10H2,1-4H3,(H2,16,19)(H,17,18)/t11-/m0/s1. The summed E-state index contributed by atoms with van der Waals surface area (Å²) in [6.45, 7) is 6.29. The van der Waals surface area contributed by atoms with E-state index in [1.165, 1.54) is 0 Å². The smallest absolute Gasteiger partial charge is 0.224 e. The fourth-order valence-electron chi connectivity index (χ4n) is 3.27. The van der Waals surface area contributed by atoms with Gasteiger partial charge in [-0.2, -0.15) is 0 Å². The molecule has 0 aromatic heterocycles. The van der Waals surface area contributed by atoms with Gasteiger partial charge in [-0.25, -0.2) is 0 Å². The van der Waals surface area contributed by atoms with Crippen LogP contribution in [-0.4, -0.2) is 18.9 Å². The molecule has 1 aliphatic rings. The minimum absolute atomic E-state index is 0.00290. The molecule has 0 saturated heterocycles. The van der Waals surface area contributed by atoms with Crippen molar-refractivity contribution in [1.29, 1.82) is 0 Å². The highest BCUT2D eigenvalue weighted by Crippen LogP contribution is 2.46. The Labute approximate surface area is 116 Å². The SMILES string of the molecule is CNC(=O)[C@H](CC(C)(C)C)C1(C(N)=O)CCCCC1. The summed E-state index contributed by atoms with van der Waals surface area (Å²) in [6.07, 6.45) is 5.29. The van der Waals surface area contributed by atoms with Crippen molar-refractivity contribution in [2.75, 3.05) is 7.05 Å². The third-order valence-corrected chi connectivity index (χ3v) is 4.28. The first kappa shape index (κ1) is 16.0. The molecule has 0 spiro atoms. The summed E-state index contributed by atoms with van der Waals surface area (Å²) in [5.41, 5.74) is 5.05. The zero-order chi connectivity index (χ0) is 14.7. The molecule has 110 valence electrons. The van der Waals surface area contributed by atoms with Crippen LogP contribution in [-0.2, 0) is 9.59 Å². The molecule has 2 amide bonds. The van der Waals surface area contributed by atoms with Crippen molar-refractivity contribution in [3.05, 3.63) is 0 Å². The Hall–Kier alpha value is -1.06. The van der Waals surface area contributed by atoms with Gasteiger partial charge in [-0.1, -0.05) is 40.0 Å². The van der Waals surface area contributed by atoms with Crippen LogP contribution in [0.25, 0.3) is 0 Å². The van der Waals surface area contributed by atoms with Gasteiger partial charge in [0.25, 0.3) is 0 Å². The summed E-state index contributed by atoms with van der Waals surface area (Å²) in [7, 11) is 1.63. The molecule has 1 saturated carbocycles. The maximum Gasteiger partial charge on any atom is 0.224 e. The normalized spacial score (nSPS) is 20.6. The molecule has 0 aliphatic heterocycles. The maximum absolute atomic E-state index is 12.3. The first-order valence-electron chi connectivity index (χ1n) is 7.24. The lowest BCUT2D eigenvalue weighted by Gasteiger charge is -2.42. The molecule has 0 unspecified atom stereocenters. The fraction of sp³-hybridized carbons (Fsp3) is 0.867. The Balaban J connectivity index is 3.10. The number of hydrogen-bond acceptors (Lipinski definition) is 2. The van der Waals surface area contributed by atoms with Gasteiger partial charge in [0.15, 0.2) is 0 Å². The van der Waals surface area contributed by atoms with E-state index in [4.69, 9.17) is 5.73 Å². The molecule has 4 nitrogen and oxygen atoms in total. The van der Waals surface area contributed by atoms with E-state index in [1.807, 2.05) is 0 Å². The number of hydrogen-bond donors (Lipinski definition) is 2. The highest BCUT2D eigenvalue weighted by molar-refractivity contribution is 5.89. The van der Waals surface area contributed by atoms with Gasteiger partial charge in [-0.15, -0.1) is 0 Å². The molecule has 1 rings (SSSR count). The molecule has 1 fully saturated rings. The van der Waals surface area contributed by atoms with Crippen LogP contribution in [0.2, 0.25) is 0 Å². The van der Waals surface area contributed by atoms with Crippen molar-refractivity contribution >= 4 is 11.8 Å². The third kappa shape index (κ3) is 3.71. The Morgan fingerprint density at radius 1 is 1.21 bits per heavy atom. The summed E-state index contributed by atoms with van der Waals surface area (Å²) in [6, 6.07) is 0. The number of carbonyl (C=O) groups excluding carboxylic acids is 2. The van der Waals surface area contributed by atoms with Gasteiger partial charge < -0.3 is 11.1 Å². The summed E-state index contributed by atoms with van der Waals surface area (Å²) in [4.78, 5) is 24.3. The summed E-state index contributed by atoms with van der Waals surface area (Å²) in [5, 5.41) is 2.72. The molecule has 1 atom stereocenters. The number of nitrogens with two attached hydrogens (primary N) is 1. The van der Waals surface area contributed by atoms with Gasteiger partial charge in [-0.05, 0) is 24.7 Å². The molecule has 0 bridgehead atoms. The van der Waals surface area contributed by atoms with Crippen molar-refractivity contribution in [2.45, 2.75) is 59.3 Å². The van der Waals surface area contributed by atoms with Crippen molar-refractivity contribution in [2.24, 2.45) is 22.5 Å². The van der Waals surface area contributed by atoms with Crippen molar-refractivity contribution < 1.29 is 9.59 Å². The van der Waals surface area contributed by atoms with E-state index in [9.17, 15) is 9.59 Å². The fourth-order valence-corrected chi connectivity index (χ4v) is 3.27. The predicted octanol–water partition coefficient (Wildman–Crippen LogP) is 2.22. The van der Waals surface area contributed by atoms with Crippen LogP contribution in [0.5, 0.6) is 0 Å². The third-order valence-electron chi connectivity index (χ3n) is 4.28. The number of carbonyl (C=O) groups is 2. The average molecular weight is 268 g/mol. The first-order chi connectivity index (χ1) is 8.73. The number of nitrogens with one attached hydrogen (secondary N) is 1. The molecule has 0 aromatic rings. The van der Waals surface area contributed by atoms with Crippen LogP contribution < -0.4 is 11.1 Å². The lowest BCUT2D eigenvalue weighted by molar-refractivity contribution is -0.144. The highest BCUT2D eigenvalue weighted by atomic mass is 16.2. The van der Waals surface area contributed by atoms with Crippen molar-refractivity contribution in [1.82, 2.24) is 5.32 Å². The zero-order valence-electron chi connectivity index (χ0n) is 12.7. The minimum atomic E-state index is -0.647. The topological polar surface area (TPSA) is 72.2 Å². The highest BCUT2D eigenvalue weighted by Gasteiger charge is 2.48. The Morgan fingerprint density at radius 3 is 2.11 bits per heavy atom. The van der Waals surface area contributed by atoms with Crippen LogP contribution in [0.1, 0.15) is 59.3 Å². The number of primary amides is 1. The number of rotatable bonds is 4. The van der Waals surface area contributed by atoms with E-state index < -0.39 is 5.41 Å². The Kier molecular flexibility index (Phi) is 4.99. The van der Waals surface area contributed by atoms with Gasteiger partial charge in [-0.3, -0.25) is 9.59 Å². The van der Waals surface area contributed by atoms with Gasteiger partial charge >= 0.3 is 0 Å². The molecule has 1 aliphatic carbocycles. The van der Waals surface area contributed by atoms with E-state index >= 15 is 0 Å². The predicted molar refractivity (Wildman–Crippen MR) is 76.3 cm³/mol. The average Bonchev–Trinajstić information content (AvgIpc) is 2.34. The van der Waals surface area contributed by atoms with Crippen molar-refractivity contribution in [3.63, 3.8) is 0 Å². The van der Waals surface area contributed by atoms with Gasteiger partial charge in [0.1, 0.15) is 0 Å². The second-order valence-corrected chi connectivity index (χ2v) is 7.01. The molecule has 0 radical (unpaired) electrons. The zero-order valence-corrected chi connectivity index (χ0v) is 12.7. The number of amides is 2. The van der Waals surface area contributed by atoms with Crippen LogP contribution in [0, 0.1) is 16.7 Å². The van der Waals surface area contributed by atoms with Gasteiger partial charge in [0.05, 0.1) is 11.3 Å². The van der Waals surface area contributed by atoms with Crippen LogP contribution >= 0.6 is 0 Å². The van der Waals surface area contributed by atoms with E-state index in [0.29, 0.717) is 6.42 Å². The summed E-state index contributed by atoms with van der Waals surface area (Å²) < 4.78 is 0.